The first-order valence-corrected chi connectivity index (χ1v) is 21.4. The smallest absolute Gasteiger partial charge is 0.346 e. The molecule has 1 atom stereocenters. The van der Waals surface area contributed by atoms with E-state index in [2.05, 4.69) is 47.2 Å². The molecular formula is C38H30F6I2N4O5. The van der Waals surface area contributed by atoms with Crippen molar-refractivity contribution in [3.63, 3.8) is 0 Å². The monoisotopic (exact) mass is 990 g/mol. The van der Waals surface area contributed by atoms with Crippen molar-refractivity contribution in [1.29, 1.82) is 10.5 Å². The highest BCUT2D eigenvalue weighted by Gasteiger charge is 2.59. The van der Waals surface area contributed by atoms with Crippen LogP contribution in [0.1, 0.15) is 49.4 Å². The molecule has 0 fully saturated rings. The molecule has 0 amide bonds. The lowest BCUT2D eigenvalue weighted by atomic mass is 9.95. The van der Waals surface area contributed by atoms with Gasteiger partial charge in [0, 0.05) is 56.8 Å². The number of benzene rings is 3. The summed E-state index contributed by atoms with van der Waals surface area (Å²) in [7, 11) is 0. The van der Waals surface area contributed by atoms with Gasteiger partial charge in [-0.25, -0.2) is 8.78 Å². The summed E-state index contributed by atoms with van der Waals surface area (Å²) >= 11 is 4.24. The van der Waals surface area contributed by atoms with Crippen molar-refractivity contribution in [1.82, 2.24) is 9.97 Å². The maximum atomic E-state index is 15.2. The van der Waals surface area contributed by atoms with Crippen LogP contribution in [0.15, 0.2) is 103 Å². The van der Waals surface area contributed by atoms with Gasteiger partial charge in [0.05, 0.1) is 41.2 Å². The van der Waals surface area contributed by atoms with Gasteiger partial charge in [0.2, 0.25) is 5.78 Å². The van der Waals surface area contributed by atoms with Crippen molar-refractivity contribution >= 4 is 43.0 Å². The minimum Gasteiger partial charge on any atom is -0.456 e. The van der Waals surface area contributed by atoms with Crippen LogP contribution >= 0.6 is 37.2 Å². The number of hydrogen-bond acceptors (Lipinski definition) is 9. The van der Waals surface area contributed by atoms with Crippen molar-refractivity contribution in [2.24, 2.45) is 0 Å². The first-order chi connectivity index (χ1) is 25.6. The topological polar surface area (TPSA) is 138 Å². The van der Waals surface area contributed by atoms with Gasteiger partial charge in [0.1, 0.15) is 46.0 Å². The number of hydrogen-bond donors (Lipinski definition) is 1. The summed E-state index contributed by atoms with van der Waals surface area (Å²) < 4.78 is 100. The zero-order chi connectivity index (χ0) is 40.1. The number of aromatic nitrogens is 2. The van der Waals surface area contributed by atoms with Gasteiger partial charge in [-0.05, 0) is 91.9 Å². The third-order valence-corrected chi connectivity index (χ3v) is 7.07. The largest absolute Gasteiger partial charge is 0.456 e. The molecule has 17 heteroatoms. The molecule has 0 radical (unpaired) electrons. The van der Waals surface area contributed by atoms with E-state index in [0.29, 0.717) is 34.8 Å². The van der Waals surface area contributed by atoms with Crippen LogP contribution in [0.4, 0.5) is 26.3 Å². The maximum Gasteiger partial charge on any atom is 0.346 e. The Morgan fingerprint density at radius 2 is 1.18 bits per heavy atom. The molecule has 0 aliphatic heterocycles. The van der Waals surface area contributed by atoms with Gasteiger partial charge >= 0.3 is 11.8 Å². The standard InChI is InChI=1S/C22H16F4N2O3.C15H10F2N2O2.CH4.I2/c1-2-30-22(29,18-9-5-15(23)11-19(18)24)21(25,26)20-10-8-17(13-28-20)31-16-6-3-14(12-27)4-7-16;1-10(20)15(16,17)14-7-6-13(9-19-14)21-12-4-2-11(8-18)3-5-12;;1-2/h3-11,13,29H,2H2,1H3;2-7,9H,1H3;1H4;. The molecule has 55 heavy (non-hydrogen) atoms. The zero-order valence-corrected chi connectivity index (χ0v) is 32.2. The second kappa shape index (κ2) is 20.7. The Hall–Kier alpha value is -4.83. The van der Waals surface area contributed by atoms with E-state index in [1.165, 1.54) is 43.3 Å². The molecule has 2 heterocycles. The van der Waals surface area contributed by atoms with E-state index in [-0.39, 0.29) is 25.5 Å². The minimum absolute atomic E-state index is 0. The predicted molar refractivity (Wildman–Crippen MR) is 206 cm³/mol. The minimum atomic E-state index is -4.20. The van der Waals surface area contributed by atoms with E-state index in [1.54, 1.807) is 24.3 Å². The number of aliphatic hydroxyl groups is 1. The molecule has 2 aromatic heterocycles. The van der Waals surface area contributed by atoms with Crippen LogP contribution in [-0.2, 0) is 27.2 Å². The molecule has 1 unspecified atom stereocenters. The molecule has 5 rings (SSSR count). The van der Waals surface area contributed by atoms with E-state index in [0.717, 1.165) is 37.5 Å². The molecule has 0 bridgehead atoms. The Bertz CT molecular complexity index is 2100. The average Bonchev–Trinajstić information content (AvgIpc) is 3.17. The van der Waals surface area contributed by atoms with E-state index < -0.39 is 52.0 Å². The highest BCUT2D eigenvalue weighted by Crippen LogP contribution is 2.46. The predicted octanol–water partition coefficient (Wildman–Crippen LogP) is 10.8. The molecule has 9 nitrogen and oxygen atoms in total. The van der Waals surface area contributed by atoms with E-state index in [1.807, 2.05) is 12.1 Å². The lowest BCUT2D eigenvalue weighted by Gasteiger charge is -2.35. The summed E-state index contributed by atoms with van der Waals surface area (Å²) in [5.41, 5.74) is -1.57. The van der Waals surface area contributed by atoms with Crippen LogP contribution in [0.25, 0.3) is 0 Å². The van der Waals surface area contributed by atoms with Crippen LogP contribution < -0.4 is 9.47 Å². The molecule has 3 aromatic carbocycles. The van der Waals surface area contributed by atoms with Gasteiger partial charge in [0.15, 0.2) is 0 Å². The third kappa shape index (κ3) is 11.6. The number of alkyl halides is 4. The van der Waals surface area contributed by atoms with Gasteiger partial charge in [-0.3, -0.25) is 14.8 Å². The summed E-state index contributed by atoms with van der Waals surface area (Å²) in [6, 6.07) is 22.5. The number of ketones is 1. The SMILES string of the molecule is C.CC(=O)C(F)(F)c1ccc(Oc2ccc(C#N)cc2)cn1.CCOC(O)(c1ccc(F)cc1F)C(F)(F)c1ccc(Oc2ccc(C#N)cc2)cn1.II. The Balaban J connectivity index is 0.000000381. The van der Waals surface area contributed by atoms with E-state index in [9.17, 15) is 27.5 Å². The molecule has 0 saturated heterocycles. The summed E-state index contributed by atoms with van der Waals surface area (Å²) in [6.07, 6.45) is 2.11. The van der Waals surface area contributed by atoms with Crippen molar-refractivity contribution in [2.45, 2.75) is 38.9 Å². The average molecular weight is 990 g/mol. The van der Waals surface area contributed by atoms with E-state index >= 15 is 8.78 Å². The number of carbonyl (C=O) groups is 1. The molecule has 0 aliphatic rings. The summed E-state index contributed by atoms with van der Waals surface area (Å²) in [4.78, 5) is 18.0. The van der Waals surface area contributed by atoms with Gasteiger partial charge < -0.3 is 19.3 Å². The number of carbonyl (C=O) groups excluding carboxylic acids is 1. The molecular weight excluding hydrogens is 960 g/mol. The third-order valence-electron chi connectivity index (χ3n) is 7.07. The van der Waals surface area contributed by atoms with Crippen molar-refractivity contribution in [3.8, 4) is 35.1 Å². The Kier molecular flexibility index (Phi) is 17.5. The number of halogens is 8. The van der Waals surface area contributed by atoms with Crippen molar-refractivity contribution in [2.75, 3.05) is 6.61 Å². The van der Waals surface area contributed by atoms with Crippen molar-refractivity contribution in [3.05, 3.63) is 143 Å². The second-order valence-corrected chi connectivity index (χ2v) is 10.6. The normalized spacial score (nSPS) is 11.7. The van der Waals surface area contributed by atoms with E-state index in [4.69, 9.17) is 24.7 Å². The molecule has 0 spiro atoms. The molecule has 1 N–H and O–H groups in total. The Labute approximate surface area is 335 Å². The summed E-state index contributed by atoms with van der Waals surface area (Å²) in [5, 5.41) is 28.1. The van der Waals surface area contributed by atoms with Crippen LogP contribution in [0.2, 0.25) is 0 Å². The zero-order valence-electron chi connectivity index (χ0n) is 27.9. The quantitative estimate of drug-likeness (QED) is 0.0778. The number of ether oxygens (including phenoxy) is 3. The number of rotatable bonds is 11. The molecule has 288 valence electrons. The molecule has 0 saturated carbocycles. The van der Waals surface area contributed by atoms with Crippen LogP contribution in [-0.4, -0.2) is 27.5 Å². The van der Waals surface area contributed by atoms with Crippen LogP contribution in [0, 0.1) is 34.3 Å². The second-order valence-electron chi connectivity index (χ2n) is 10.6. The summed E-state index contributed by atoms with van der Waals surface area (Å²) in [6.45, 7) is 1.76. The van der Waals surface area contributed by atoms with Gasteiger partial charge in [-0.15, -0.1) is 0 Å². The maximum absolute atomic E-state index is 15.2. The number of nitrogens with zero attached hydrogens (tertiary/aromatic N) is 4. The lowest BCUT2D eigenvalue weighted by molar-refractivity contribution is -0.336. The van der Waals surface area contributed by atoms with Gasteiger partial charge in [0.25, 0.3) is 5.79 Å². The fourth-order valence-electron chi connectivity index (χ4n) is 4.38. The molecule has 5 aromatic rings. The first-order valence-electron chi connectivity index (χ1n) is 15.2. The number of pyridine rings is 2. The highest BCUT2D eigenvalue weighted by molar-refractivity contribution is 15.0. The van der Waals surface area contributed by atoms with Gasteiger partial charge in [-0.2, -0.15) is 28.1 Å². The number of Topliss-reactive ketones (excluding diaryl/α,β-unsaturated/α-hetero) is 1. The lowest BCUT2D eigenvalue weighted by Crippen LogP contribution is -2.47. The summed E-state index contributed by atoms with van der Waals surface area (Å²) in [5.74, 6) is -13.7. The highest BCUT2D eigenvalue weighted by atomic mass is 128. The Morgan fingerprint density at radius 3 is 1.55 bits per heavy atom. The van der Waals surface area contributed by atoms with Crippen LogP contribution in [0.5, 0.6) is 23.0 Å². The first kappa shape index (κ1) is 46.3. The van der Waals surface area contributed by atoms with Crippen LogP contribution in [0.3, 0.4) is 0 Å². The fourth-order valence-corrected chi connectivity index (χ4v) is 4.38. The van der Waals surface area contributed by atoms with Crippen molar-refractivity contribution < 1.29 is 50.5 Å². The fraction of sp³-hybridized carbons (Fsp3) is 0.184. The Morgan fingerprint density at radius 1 is 0.745 bits per heavy atom. The molecule has 0 aliphatic carbocycles. The van der Waals surface area contributed by atoms with Gasteiger partial charge in [-0.1, -0.05) is 7.43 Å². The number of nitriles is 2.